The summed E-state index contributed by atoms with van der Waals surface area (Å²) in [5.41, 5.74) is 1.39. The number of carboxylic acids is 1. The summed E-state index contributed by atoms with van der Waals surface area (Å²) >= 11 is 0. The van der Waals surface area contributed by atoms with Crippen molar-refractivity contribution in [1.82, 2.24) is 0 Å². The molecule has 0 aliphatic heterocycles. The Kier molecular flexibility index (Phi) is 5.03. The molecule has 0 amide bonds. The van der Waals surface area contributed by atoms with Crippen molar-refractivity contribution in [3.8, 4) is 11.5 Å². The molecule has 0 spiro atoms. The highest BCUT2D eigenvalue weighted by Crippen LogP contribution is 2.44. The van der Waals surface area contributed by atoms with E-state index in [-0.39, 0.29) is 12.3 Å². The van der Waals surface area contributed by atoms with E-state index in [1.54, 1.807) is 14.2 Å². The molecular weight excluding hydrogens is 256 g/mol. The molecule has 0 bridgehead atoms. The average Bonchev–Trinajstić information content (AvgIpc) is 2.35. The van der Waals surface area contributed by atoms with E-state index in [0.29, 0.717) is 5.75 Å². The van der Waals surface area contributed by atoms with Gasteiger partial charge in [0.1, 0.15) is 11.5 Å². The van der Waals surface area contributed by atoms with E-state index in [2.05, 4.69) is 13.8 Å². The Morgan fingerprint density at radius 1 is 1.20 bits per heavy atom. The van der Waals surface area contributed by atoms with Crippen LogP contribution in [-0.2, 0) is 10.2 Å². The van der Waals surface area contributed by atoms with Crippen LogP contribution in [0.25, 0.3) is 0 Å². The third kappa shape index (κ3) is 3.24. The highest BCUT2D eigenvalue weighted by Gasteiger charge is 2.32. The molecule has 0 aromatic heterocycles. The first kappa shape index (κ1) is 16.3. The summed E-state index contributed by atoms with van der Waals surface area (Å²) in [4.78, 5) is 11.2. The lowest BCUT2D eigenvalue weighted by Crippen LogP contribution is -2.25. The minimum atomic E-state index is -0.824. The van der Waals surface area contributed by atoms with Crippen LogP contribution in [-0.4, -0.2) is 25.3 Å². The molecule has 0 aliphatic carbocycles. The topological polar surface area (TPSA) is 55.8 Å². The van der Waals surface area contributed by atoms with Gasteiger partial charge in [0.25, 0.3) is 0 Å². The van der Waals surface area contributed by atoms with Gasteiger partial charge in [0.2, 0.25) is 0 Å². The first-order valence-corrected chi connectivity index (χ1v) is 6.71. The third-order valence-electron chi connectivity index (χ3n) is 3.45. The zero-order chi connectivity index (χ0) is 15.5. The molecule has 20 heavy (non-hydrogen) atoms. The molecule has 0 heterocycles. The van der Waals surface area contributed by atoms with E-state index >= 15 is 0 Å². The number of methoxy groups -OCH3 is 2. The number of hydrogen-bond acceptors (Lipinski definition) is 3. The van der Waals surface area contributed by atoms with Crippen molar-refractivity contribution in [3.05, 3.63) is 23.3 Å². The van der Waals surface area contributed by atoms with E-state index < -0.39 is 11.4 Å². The Morgan fingerprint density at radius 3 is 2.10 bits per heavy atom. The first-order chi connectivity index (χ1) is 9.24. The van der Waals surface area contributed by atoms with Crippen LogP contribution in [0.3, 0.4) is 0 Å². The van der Waals surface area contributed by atoms with Gasteiger partial charge in [-0.1, -0.05) is 27.7 Å². The molecule has 112 valence electrons. The van der Waals surface area contributed by atoms with Crippen molar-refractivity contribution in [2.24, 2.45) is 0 Å². The van der Waals surface area contributed by atoms with Gasteiger partial charge < -0.3 is 14.6 Å². The fourth-order valence-electron chi connectivity index (χ4n) is 2.67. The summed E-state index contributed by atoms with van der Waals surface area (Å²) in [6.07, 6.45) is 0.0379. The van der Waals surface area contributed by atoms with Crippen LogP contribution in [0.4, 0.5) is 0 Å². The number of carboxylic acid groups (broad SMARTS) is 1. The predicted octanol–water partition coefficient (Wildman–Crippen LogP) is 3.58. The number of rotatable bonds is 6. The minimum absolute atomic E-state index is 0.0379. The van der Waals surface area contributed by atoms with Crippen LogP contribution < -0.4 is 9.47 Å². The number of aliphatic carboxylic acids is 1. The van der Waals surface area contributed by atoms with Gasteiger partial charge in [-0.2, -0.15) is 0 Å². The highest BCUT2D eigenvalue weighted by molar-refractivity contribution is 5.70. The van der Waals surface area contributed by atoms with Crippen molar-refractivity contribution in [2.45, 2.75) is 45.4 Å². The molecule has 1 N–H and O–H groups in total. The van der Waals surface area contributed by atoms with Crippen LogP contribution in [0.1, 0.15) is 51.2 Å². The molecular formula is C16H24O4. The van der Waals surface area contributed by atoms with E-state index in [1.807, 2.05) is 26.0 Å². The van der Waals surface area contributed by atoms with Gasteiger partial charge in [-0.15, -0.1) is 0 Å². The maximum absolute atomic E-state index is 11.2. The van der Waals surface area contributed by atoms with Gasteiger partial charge in [-0.25, -0.2) is 0 Å². The lowest BCUT2D eigenvalue weighted by molar-refractivity contribution is -0.138. The molecule has 0 unspecified atom stereocenters. The van der Waals surface area contributed by atoms with Gasteiger partial charge in [0.05, 0.1) is 20.6 Å². The zero-order valence-corrected chi connectivity index (χ0v) is 13.1. The molecule has 1 aromatic carbocycles. The summed E-state index contributed by atoms with van der Waals surface area (Å²) < 4.78 is 10.9. The fraction of sp³-hybridized carbons (Fsp3) is 0.562. The van der Waals surface area contributed by atoms with Crippen LogP contribution in [0.15, 0.2) is 12.1 Å². The number of carbonyl (C=O) groups is 1. The molecule has 0 fully saturated rings. The van der Waals surface area contributed by atoms with Gasteiger partial charge in [-0.05, 0) is 18.1 Å². The van der Waals surface area contributed by atoms with Crippen molar-refractivity contribution < 1.29 is 19.4 Å². The summed E-state index contributed by atoms with van der Waals surface area (Å²) in [7, 11) is 3.23. The van der Waals surface area contributed by atoms with Crippen molar-refractivity contribution in [3.63, 3.8) is 0 Å². The van der Waals surface area contributed by atoms with Crippen LogP contribution >= 0.6 is 0 Å². The lowest BCUT2D eigenvalue weighted by Gasteiger charge is -2.30. The molecule has 4 nitrogen and oxygen atoms in total. The summed E-state index contributed by atoms with van der Waals surface area (Å²) in [5, 5.41) is 9.16. The largest absolute Gasteiger partial charge is 0.496 e. The normalized spacial score (nSPS) is 11.6. The Labute approximate surface area is 120 Å². The Balaban J connectivity index is 3.58. The quantitative estimate of drug-likeness (QED) is 0.865. The second-order valence-electron chi connectivity index (χ2n) is 5.87. The van der Waals surface area contributed by atoms with Gasteiger partial charge in [0.15, 0.2) is 0 Å². The fourth-order valence-corrected chi connectivity index (χ4v) is 2.67. The van der Waals surface area contributed by atoms with E-state index in [0.717, 1.165) is 16.9 Å². The molecule has 0 aliphatic rings. The minimum Gasteiger partial charge on any atom is -0.496 e. The molecule has 0 radical (unpaired) electrons. The SMILES string of the molecule is COc1ccc(OC)c(C(C)(C)CC(=O)O)c1C(C)C. The number of ether oxygens (including phenoxy) is 2. The van der Waals surface area contributed by atoms with Crippen molar-refractivity contribution >= 4 is 5.97 Å². The lowest BCUT2D eigenvalue weighted by atomic mass is 9.76. The molecule has 4 heteroatoms. The Bertz CT molecular complexity index is 489. The standard InChI is InChI=1S/C16H24O4/c1-10(2)14-11(19-5)7-8-12(20-6)15(14)16(3,4)9-13(17)18/h7-8,10H,9H2,1-6H3,(H,17,18). The highest BCUT2D eigenvalue weighted by atomic mass is 16.5. The van der Waals surface area contributed by atoms with Crippen molar-refractivity contribution in [1.29, 1.82) is 0 Å². The smallest absolute Gasteiger partial charge is 0.304 e. The van der Waals surface area contributed by atoms with Crippen LogP contribution in [0.2, 0.25) is 0 Å². The Hall–Kier alpha value is -1.71. The van der Waals surface area contributed by atoms with E-state index in [4.69, 9.17) is 14.6 Å². The summed E-state index contributed by atoms with van der Waals surface area (Å²) in [6.45, 7) is 7.98. The maximum atomic E-state index is 11.2. The second-order valence-corrected chi connectivity index (χ2v) is 5.87. The molecule has 0 atom stereocenters. The third-order valence-corrected chi connectivity index (χ3v) is 3.45. The predicted molar refractivity (Wildman–Crippen MR) is 78.9 cm³/mol. The molecule has 0 saturated heterocycles. The van der Waals surface area contributed by atoms with E-state index in [1.165, 1.54) is 0 Å². The van der Waals surface area contributed by atoms with Gasteiger partial charge in [-0.3, -0.25) is 4.79 Å². The van der Waals surface area contributed by atoms with E-state index in [9.17, 15) is 4.79 Å². The Morgan fingerprint density at radius 2 is 1.70 bits per heavy atom. The first-order valence-electron chi connectivity index (χ1n) is 6.71. The van der Waals surface area contributed by atoms with Gasteiger partial charge >= 0.3 is 5.97 Å². The monoisotopic (exact) mass is 280 g/mol. The van der Waals surface area contributed by atoms with Crippen molar-refractivity contribution in [2.75, 3.05) is 14.2 Å². The summed E-state index contributed by atoms with van der Waals surface area (Å²) in [6, 6.07) is 3.71. The number of benzene rings is 1. The summed E-state index contributed by atoms with van der Waals surface area (Å²) in [5.74, 6) is 0.868. The van der Waals surface area contributed by atoms with Crippen LogP contribution in [0, 0.1) is 0 Å². The molecule has 1 rings (SSSR count). The molecule has 1 aromatic rings. The average molecular weight is 280 g/mol. The maximum Gasteiger partial charge on any atom is 0.304 e. The molecule has 0 saturated carbocycles. The second kappa shape index (κ2) is 6.16. The van der Waals surface area contributed by atoms with Gasteiger partial charge in [0, 0.05) is 16.5 Å². The zero-order valence-electron chi connectivity index (χ0n) is 13.1. The number of hydrogen-bond donors (Lipinski definition) is 1. The van der Waals surface area contributed by atoms with Crippen LogP contribution in [0.5, 0.6) is 11.5 Å².